The van der Waals surface area contributed by atoms with Crippen LogP contribution in [0.1, 0.15) is 44.5 Å². The number of aryl methyl sites for hydroxylation is 1. The molecule has 0 saturated carbocycles. The number of primary amides is 1. The lowest BCUT2D eigenvalue weighted by Gasteiger charge is -2.24. The van der Waals surface area contributed by atoms with Crippen molar-refractivity contribution >= 4 is 44.4 Å². The predicted molar refractivity (Wildman–Crippen MR) is 145 cm³/mol. The van der Waals surface area contributed by atoms with E-state index in [2.05, 4.69) is 4.98 Å². The Balaban J connectivity index is 1.69. The van der Waals surface area contributed by atoms with Crippen molar-refractivity contribution in [3.8, 4) is 5.75 Å². The zero-order valence-corrected chi connectivity index (χ0v) is 22.2. The summed E-state index contributed by atoms with van der Waals surface area (Å²) in [5.41, 5.74) is 8.08. The van der Waals surface area contributed by atoms with Crippen molar-refractivity contribution in [1.82, 2.24) is 10.5 Å². The van der Waals surface area contributed by atoms with Gasteiger partial charge in [-0.25, -0.2) is 18.7 Å². The van der Waals surface area contributed by atoms with E-state index in [1.54, 1.807) is 43.3 Å². The standard InChI is InChI=1S/C27H26N4O8S/c1-15-6-5-8-19(26(33)30-36)25(15)31(2)40(37,38)17-12-10-16(11-13-17)39-21(14-22(28)32)23-18-7-3-4-9-20(18)29-24(23)27(34)35/h3-13,21,29,36H,14H2,1-2H3,(H2,28,32)(H,30,33)(H,34,35). The number of nitrogens with two attached hydrogens (primary N) is 1. The zero-order chi connectivity index (χ0) is 29.2. The first-order chi connectivity index (χ1) is 18.9. The van der Waals surface area contributed by atoms with Gasteiger partial charge in [-0.1, -0.05) is 30.3 Å². The first-order valence-corrected chi connectivity index (χ1v) is 13.3. The number of fused-ring (bicyclic) bond motifs is 1. The second-order valence-corrected chi connectivity index (χ2v) is 10.9. The number of carboxylic acid groups (broad SMARTS) is 1. The van der Waals surface area contributed by atoms with Crippen LogP contribution in [0.15, 0.2) is 71.6 Å². The molecular formula is C27H26N4O8S. The van der Waals surface area contributed by atoms with Gasteiger partial charge < -0.3 is 20.6 Å². The summed E-state index contributed by atoms with van der Waals surface area (Å²) in [5.74, 6) is -2.69. The predicted octanol–water partition coefficient (Wildman–Crippen LogP) is 3.11. The lowest BCUT2D eigenvalue weighted by Crippen LogP contribution is -2.30. The average Bonchev–Trinajstić information content (AvgIpc) is 3.32. The van der Waals surface area contributed by atoms with Crippen molar-refractivity contribution < 1.29 is 37.9 Å². The lowest BCUT2D eigenvalue weighted by molar-refractivity contribution is -0.119. The van der Waals surface area contributed by atoms with E-state index >= 15 is 0 Å². The molecule has 0 aliphatic heterocycles. The highest BCUT2D eigenvalue weighted by molar-refractivity contribution is 7.92. The van der Waals surface area contributed by atoms with Crippen LogP contribution < -0.4 is 20.3 Å². The summed E-state index contributed by atoms with van der Waals surface area (Å²) in [7, 11) is -2.89. The zero-order valence-electron chi connectivity index (χ0n) is 21.4. The number of aromatic nitrogens is 1. The molecule has 208 valence electrons. The number of ether oxygens (including phenoxy) is 1. The molecule has 1 heterocycles. The Morgan fingerprint density at radius 2 is 1.73 bits per heavy atom. The molecular weight excluding hydrogens is 540 g/mol. The number of carbonyl (C=O) groups excluding carboxylic acids is 2. The van der Waals surface area contributed by atoms with Crippen molar-refractivity contribution in [1.29, 1.82) is 0 Å². The molecule has 0 saturated heterocycles. The molecule has 3 aromatic carbocycles. The summed E-state index contributed by atoms with van der Waals surface area (Å²) in [6.45, 7) is 1.63. The second kappa shape index (κ2) is 11.1. The number of nitrogens with one attached hydrogen (secondary N) is 2. The van der Waals surface area contributed by atoms with Crippen LogP contribution >= 0.6 is 0 Å². The number of H-pyrrole nitrogens is 1. The van der Waals surface area contributed by atoms with E-state index < -0.39 is 33.9 Å². The fourth-order valence-corrected chi connectivity index (χ4v) is 5.78. The van der Waals surface area contributed by atoms with E-state index in [0.717, 1.165) is 4.31 Å². The summed E-state index contributed by atoms with van der Waals surface area (Å²) in [4.78, 5) is 38.7. The second-order valence-electron chi connectivity index (χ2n) is 8.90. The highest BCUT2D eigenvalue weighted by atomic mass is 32.2. The van der Waals surface area contributed by atoms with E-state index in [1.807, 2.05) is 0 Å². The van der Waals surface area contributed by atoms with Crippen LogP contribution in [0.4, 0.5) is 5.69 Å². The summed E-state index contributed by atoms with van der Waals surface area (Å²) in [6, 6.07) is 16.7. The molecule has 1 atom stereocenters. The molecule has 2 amide bonds. The van der Waals surface area contributed by atoms with E-state index in [-0.39, 0.29) is 39.6 Å². The van der Waals surface area contributed by atoms with E-state index in [9.17, 15) is 27.9 Å². The minimum atomic E-state index is -4.17. The fraction of sp³-hybridized carbons (Fsp3) is 0.148. The van der Waals surface area contributed by atoms with Crippen molar-refractivity contribution in [2.45, 2.75) is 24.3 Å². The van der Waals surface area contributed by atoms with E-state index in [0.29, 0.717) is 16.5 Å². The van der Waals surface area contributed by atoms with Gasteiger partial charge in [-0.3, -0.25) is 19.1 Å². The fourth-order valence-electron chi connectivity index (χ4n) is 4.51. The number of carboxylic acids is 1. The van der Waals surface area contributed by atoms with Crippen LogP contribution in [0.2, 0.25) is 0 Å². The van der Waals surface area contributed by atoms with Gasteiger partial charge >= 0.3 is 5.97 Å². The summed E-state index contributed by atoms with van der Waals surface area (Å²) in [5, 5.41) is 19.4. The maximum Gasteiger partial charge on any atom is 0.352 e. The number of aromatic carboxylic acids is 1. The maximum atomic E-state index is 13.4. The minimum Gasteiger partial charge on any atom is -0.485 e. The average molecular weight is 567 g/mol. The maximum absolute atomic E-state index is 13.4. The third-order valence-electron chi connectivity index (χ3n) is 6.33. The number of nitrogens with zero attached hydrogens (tertiary/aromatic N) is 1. The number of hydrogen-bond acceptors (Lipinski definition) is 7. The molecule has 1 unspecified atom stereocenters. The number of hydroxylamine groups is 1. The number of anilines is 1. The normalized spacial score (nSPS) is 12.1. The molecule has 4 aromatic rings. The molecule has 4 rings (SSSR count). The molecule has 0 aliphatic carbocycles. The lowest BCUT2D eigenvalue weighted by atomic mass is 10.0. The molecule has 0 bridgehead atoms. The van der Waals surface area contributed by atoms with Crippen LogP contribution in [-0.4, -0.2) is 48.5 Å². The Morgan fingerprint density at radius 1 is 1.05 bits per heavy atom. The van der Waals surface area contributed by atoms with E-state index in [1.165, 1.54) is 42.9 Å². The number of amides is 2. The number of aromatic amines is 1. The first-order valence-electron chi connectivity index (χ1n) is 11.9. The number of carbonyl (C=O) groups is 3. The smallest absolute Gasteiger partial charge is 0.352 e. The van der Waals surface area contributed by atoms with Crippen molar-refractivity contribution in [2.75, 3.05) is 11.4 Å². The van der Waals surface area contributed by atoms with E-state index in [4.69, 9.17) is 15.7 Å². The molecule has 12 nitrogen and oxygen atoms in total. The van der Waals surface area contributed by atoms with Gasteiger partial charge in [0.1, 0.15) is 17.5 Å². The number of para-hydroxylation sites is 2. The van der Waals surface area contributed by atoms with Crippen molar-refractivity contribution in [3.63, 3.8) is 0 Å². The molecule has 0 aliphatic rings. The monoisotopic (exact) mass is 566 g/mol. The highest BCUT2D eigenvalue weighted by Crippen LogP contribution is 2.35. The van der Waals surface area contributed by atoms with Crippen LogP contribution in [-0.2, 0) is 14.8 Å². The van der Waals surface area contributed by atoms with Crippen LogP contribution in [0.3, 0.4) is 0 Å². The Morgan fingerprint density at radius 3 is 2.35 bits per heavy atom. The Labute approximate surface area is 229 Å². The number of sulfonamides is 1. The van der Waals surface area contributed by atoms with Gasteiger partial charge in [0.25, 0.3) is 15.9 Å². The van der Waals surface area contributed by atoms with Gasteiger partial charge in [-0.05, 0) is 48.9 Å². The number of benzene rings is 3. The first kappa shape index (κ1) is 28.1. The molecule has 1 aromatic heterocycles. The molecule has 0 radical (unpaired) electrons. The molecule has 40 heavy (non-hydrogen) atoms. The van der Waals surface area contributed by atoms with Gasteiger partial charge in [0.15, 0.2) is 0 Å². The van der Waals surface area contributed by atoms with Crippen LogP contribution in [0, 0.1) is 6.92 Å². The van der Waals surface area contributed by atoms with Crippen molar-refractivity contribution in [2.24, 2.45) is 5.73 Å². The molecule has 0 spiro atoms. The number of hydrogen-bond donors (Lipinski definition) is 5. The summed E-state index contributed by atoms with van der Waals surface area (Å²) in [6.07, 6.45) is -1.43. The van der Waals surface area contributed by atoms with Gasteiger partial charge in [0.05, 0.1) is 22.6 Å². The quantitative estimate of drug-likeness (QED) is 0.143. The van der Waals surface area contributed by atoms with Gasteiger partial charge in [-0.15, -0.1) is 0 Å². The van der Waals surface area contributed by atoms with Crippen LogP contribution in [0.5, 0.6) is 5.75 Å². The highest BCUT2D eigenvalue weighted by Gasteiger charge is 2.29. The van der Waals surface area contributed by atoms with Crippen molar-refractivity contribution in [3.05, 3.63) is 89.1 Å². The Hall–Kier alpha value is -4.88. The van der Waals surface area contributed by atoms with Gasteiger partial charge in [0, 0.05) is 23.5 Å². The topological polar surface area (TPSA) is 192 Å². The number of rotatable bonds is 10. The molecule has 13 heteroatoms. The SMILES string of the molecule is Cc1cccc(C(=O)NO)c1N(C)S(=O)(=O)c1ccc(OC(CC(N)=O)c2c(C(=O)O)[nH]c3ccccc23)cc1. The summed E-state index contributed by atoms with van der Waals surface area (Å²) < 4.78 is 33.8. The Kier molecular flexibility index (Phi) is 7.79. The Bertz CT molecular complexity index is 1710. The third kappa shape index (κ3) is 5.32. The summed E-state index contributed by atoms with van der Waals surface area (Å²) >= 11 is 0. The minimum absolute atomic E-state index is 0.0456. The molecule has 0 fully saturated rings. The molecule has 6 N–H and O–H groups in total. The van der Waals surface area contributed by atoms with Gasteiger partial charge in [0.2, 0.25) is 5.91 Å². The largest absolute Gasteiger partial charge is 0.485 e. The van der Waals surface area contributed by atoms with Crippen LogP contribution in [0.25, 0.3) is 10.9 Å². The third-order valence-corrected chi connectivity index (χ3v) is 8.10. The van der Waals surface area contributed by atoms with Gasteiger partial charge in [-0.2, -0.15) is 0 Å².